The molecule has 0 bridgehead atoms. The summed E-state index contributed by atoms with van der Waals surface area (Å²) in [5.74, 6) is 1.58. The van der Waals surface area contributed by atoms with Gasteiger partial charge in [0.15, 0.2) is 0 Å². The smallest absolute Gasteiger partial charge is 0.139 e. The monoisotopic (exact) mass is 243 g/mol. The molecule has 18 heavy (non-hydrogen) atoms. The number of fused-ring (bicyclic) bond motifs is 1. The first kappa shape index (κ1) is 12.8. The summed E-state index contributed by atoms with van der Waals surface area (Å²) in [6.07, 6.45) is 1.66. The molecule has 0 N–H and O–H groups in total. The average Bonchev–Trinajstić information content (AvgIpc) is 2.39. The summed E-state index contributed by atoms with van der Waals surface area (Å²) in [5, 5.41) is 1.16. The average molecular weight is 243 g/mol. The fourth-order valence-corrected chi connectivity index (χ4v) is 2.19. The Hall–Kier alpha value is -1.64. The summed E-state index contributed by atoms with van der Waals surface area (Å²) in [4.78, 5) is 11.1. The van der Waals surface area contributed by atoms with E-state index in [1.54, 1.807) is 6.33 Å². The Morgan fingerprint density at radius 1 is 1.11 bits per heavy atom. The first-order chi connectivity index (χ1) is 8.67. The SMILES string of the molecule is CCN(CC)c1ncnc2ccc(C(C)C)cc12. The molecule has 0 aliphatic heterocycles. The second kappa shape index (κ2) is 5.34. The zero-order valence-corrected chi connectivity index (χ0v) is 11.6. The molecule has 0 fully saturated rings. The van der Waals surface area contributed by atoms with Gasteiger partial charge in [0, 0.05) is 18.5 Å². The summed E-state index contributed by atoms with van der Waals surface area (Å²) < 4.78 is 0. The molecule has 1 heterocycles. The Balaban J connectivity index is 2.61. The highest BCUT2D eigenvalue weighted by molar-refractivity contribution is 5.89. The van der Waals surface area contributed by atoms with E-state index in [1.165, 1.54) is 5.56 Å². The van der Waals surface area contributed by atoms with E-state index in [-0.39, 0.29) is 0 Å². The molecule has 1 aromatic carbocycles. The van der Waals surface area contributed by atoms with Crippen LogP contribution >= 0.6 is 0 Å². The van der Waals surface area contributed by atoms with Gasteiger partial charge in [-0.2, -0.15) is 0 Å². The van der Waals surface area contributed by atoms with Gasteiger partial charge in [-0.3, -0.25) is 0 Å². The molecule has 96 valence electrons. The molecule has 2 rings (SSSR count). The lowest BCUT2D eigenvalue weighted by atomic mass is 10.0. The minimum Gasteiger partial charge on any atom is -0.357 e. The first-order valence-corrected chi connectivity index (χ1v) is 6.67. The third-order valence-electron chi connectivity index (χ3n) is 3.37. The quantitative estimate of drug-likeness (QED) is 0.821. The zero-order chi connectivity index (χ0) is 13.1. The van der Waals surface area contributed by atoms with Crippen molar-refractivity contribution >= 4 is 16.7 Å². The van der Waals surface area contributed by atoms with Crippen LogP contribution in [0.3, 0.4) is 0 Å². The maximum atomic E-state index is 4.46. The zero-order valence-electron chi connectivity index (χ0n) is 11.6. The Morgan fingerprint density at radius 3 is 2.44 bits per heavy atom. The van der Waals surface area contributed by atoms with Crippen LogP contribution in [0.2, 0.25) is 0 Å². The Morgan fingerprint density at radius 2 is 1.83 bits per heavy atom. The maximum absolute atomic E-state index is 4.46. The predicted octanol–water partition coefficient (Wildman–Crippen LogP) is 3.60. The summed E-state index contributed by atoms with van der Waals surface area (Å²) in [6.45, 7) is 10.7. The van der Waals surface area contributed by atoms with Crippen molar-refractivity contribution in [2.24, 2.45) is 0 Å². The van der Waals surface area contributed by atoms with Gasteiger partial charge in [-0.1, -0.05) is 19.9 Å². The minimum atomic E-state index is 0.527. The van der Waals surface area contributed by atoms with Crippen LogP contribution in [-0.2, 0) is 0 Å². The molecule has 0 radical (unpaired) electrons. The standard InChI is InChI=1S/C15H21N3/c1-5-18(6-2)15-13-9-12(11(3)4)7-8-14(13)16-10-17-15/h7-11H,5-6H2,1-4H3. The van der Waals surface area contributed by atoms with Gasteiger partial charge in [0.25, 0.3) is 0 Å². The van der Waals surface area contributed by atoms with Gasteiger partial charge in [-0.15, -0.1) is 0 Å². The highest BCUT2D eigenvalue weighted by Crippen LogP contribution is 2.26. The fraction of sp³-hybridized carbons (Fsp3) is 0.467. The molecule has 3 heteroatoms. The Kier molecular flexibility index (Phi) is 3.80. The van der Waals surface area contributed by atoms with Crippen molar-refractivity contribution in [3.63, 3.8) is 0 Å². The number of aromatic nitrogens is 2. The lowest BCUT2D eigenvalue weighted by Gasteiger charge is -2.21. The van der Waals surface area contributed by atoms with Crippen molar-refractivity contribution in [3.8, 4) is 0 Å². The molecule has 0 spiro atoms. The van der Waals surface area contributed by atoms with E-state index >= 15 is 0 Å². The van der Waals surface area contributed by atoms with E-state index in [1.807, 2.05) is 0 Å². The van der Waals surface area contributed by atoms with Crippen molar-refractivity contribution in [1.82, 2.24) is 9.97 Å². The molecule has 0 unspecified atom stereocenters. The van der Waals surface area contributed by atoms with Crippen molar-refractivity contribution in [2.75, 3.05) is 18.0 Å². The van der Waals surface area contributed by atoms with Crippen molar-refractivity contribution in [2.45, 2.75) is 33.6 Å². The molecule has 0 aliphatic carbocycles. The summed E-state index contributed by atoms with van der Waals surface area (Å²) >= 11 is 0. The van der Waals surface area contributed by atoms with E-state index < -0.39 is 0 Å². The maximum Gasteiger partial charge on any atom is 0.139 e. The van der Waals surface area contributed by atoms with Crippen LogP contribution in [-0.4, -0.2) is 23.1 Å². The van der Waals surface area contributed by atoms with E-state index in [0.29, 0.717) is 5.92 Å². The summed E-state index contributed by atoms with van der Waals surface area (Å²) in [6, 6.07) is 6.49. The van der Waals surface area contributed by atoms with Crippen LogP contribution < -0.4 is 4.90 Å². The molecule has 1 aromatic heterocycles. The lowest BCUT2D eigenvalue weighted by Crippen LogP contribution is -2.23. The van der Waals surface area contributed by atoms with Crippen molar-refractivity contribution < 1.29 is 0 Å². The molecular weight excluding hydrogens is 222 g/mol. The fourth-order valence-electron chi connectivity index (χ4n) is 2.19. The van der Waals surface area contributed by atoms with E-state index in [4.69, 9.17) is 0 Å². The molecule has 0 saturated carbocycles. The molecule has 0 saturated heterocycles. The Bertz CT molecular complexity index is 530. The highest BCUT2D eigenvalue weighted by Gasteiger charge is 2.10. The number of benzene rings is 1. The van der Waals surface area contributed by atoms with Gasteiger partial charge in [0.05, 0.1) is 5.52 Å². The summed E-state index contributed by atoms with van der Waals surface area (Å²) in [7, 11) is 0. The predicted molar refractivity (Wildman–Crippen MR) is 77.2 cm³/mol. The van der Waals surface area contributed by atoms with Crippen molar-refractivity contribution in [3.05, 3.63) is 30.1 Å². The van der Waals surface area contributed by atoms with Gasteiger partial charge >= 0.3 is 0 Å². The van der Waals surface area contributed by atoms with Crippen LogP contribution in [0.25, 0.3) is 10.9 Å². The third kappa shape index (κ3) is 2.30. The first-order valence-electron chi connectivity index (χ1n) is 6.67. The number of nitrogens with zero attached hydrogens (tertiary/aromatic N) is 3. The number of anilines is 1. The van der Waals surface area contributed by atoms with Crippen LogP contribution in [0, 0.1) is 0 Å². The van der Waals surface area contributed by atoms with Gasteiger partial charge in [0.2, 0.25) is 0 Å². The van der Waals surface area contributed by atoms with E-state index in [9.17, 15) is 0 Å². The van der Waals surface area contributed by atoms with E-state index in [0.717, 1.165) is 29.8 Å². The van der Waals surface area contributed by atoms with E-state index in [2.05, 4.69) is 60.8 Å². The number of hydrogen-bond acceptors (Lipinski definition) is 3. The third-order valence-corrected chi connectivity index (χ3v) is 3.37. The van der Waals surface area contributed by atoms with Crippen LogP contribution in [0.15, 0.2) is 24.5 Å². The highest BCUT2D eigenvalue weighted by atomic mass is 15.2. The topological polar surface area (TPSA) is 29.0 Å². The molecule has 0 aliphatic rings. The minimum absolute atomic E-state index is 0.527. The van der Waals surface area contributed by atoms with Crippen molar-refractivity contribution in [1.29, 1.82) is 0 Å². The summed E-state index contributed by atoms with van der Waals surface area (Å²) in [5.41, 5.74) is 2.36. The van der Waals surface area contributed by atoms with Gasteiger partial charge in [-0.25, -0.2) is 9.97 Å². The van der Waals surface area contributed by atoms with Gasteiger partial charge in [-0.05, 0) is 37.5 Å². The molecular formula is C15H21N3. The second-order valence-electron chi connectivity index (χ2n) is 4.80. The van der Waals surface area contributed by atoms with Crippen LogP contribution in [0.5, 0.6) is 0 Å². The van der Waals surface area contributed by atoms with Gasteiger partial charge < -0.3 is 4.90 Å². The molecule has 2 aromatic rings. The second-order valence-corrected chi connectivity index (χ2v) is 4.80. The molecule has 3 nitrogen and oxygen atoms in total. The number of rotatable bonds is 4. The number of hydrogen-bond donors (Lipinski definition) is 0. The molecule has 0 amide bonds. The normalized spacial score (nSPS) is 11.2. The lowest BCUT2D eigenvalue weighted by molar-refractivity contribution is 0.846. The molecule has 0 atom stereocenters. The van der Waals surface area contributed by atoms with Gasteiger partial charge in [0.1, 0.15) is 12.1 Å². The Labute approximate surface area is 109 Å². The van der Waals surface area contributed by atoms with Crippen LogP contribution in [0.4, 0.5) is 5.82 Å². The van der Waals surface area contributed by atoms with Crippen LogP contribution in [0.1, 0.15) is 39.2 Å². The largest absolute Gasteiger partial charge is 0.357 e.